The zero-order chi connectivity index (χ0) is 13.9. The van der Waals surface area contributed by atoms with E-state index < -0.39 is 0 Å². The molecule has 1 aliphatic heterocycles. The standard InChI is InChI=1S/C18H22N2.ClH/c1-14-11-20(13-18(14)19)12-15-6-5-9-17(10-15)16-7-3-2-4-8-16;/h2-10,14,18H,11-13,19H2,1H3;1H. The molecule has 2 aromatic rings. The van der Waals surface area contributed by atoms with E-state index in [-0.39, 0.29) is 12.4 Å². The number of hydrogen-bond donors (Lipinski definition) is 1. The summed E-state index contributed by atoms with van der Waals surface area (Å²) in [7, 11) is 0. The summed E-state index contributed by atoms with van der Waals surface area (Å²) >= 11 is 0. The Labute approximate surface area is 133 Å². The van der Waals surface area contributed by atoms with Gasteiger partial charge in [0.15, 0.2) is 0 Å². The molecule has 2 atom stereocenters. The maximum Gasteiger partial charge on any atom is 0.0234 e. The lowest BCUT2D eigenvalue weighted by atomic mass is 10.0. The second-order valence-corrected chi connectivity index (χ2v) is 5.90. The molecule has 1 fully saturated rings. The Balaban J connectivity index is 0.00000161. The fraction of sp³-hybridized carbons (Fsp3) is 0.333. The van der Waals surface area contributed by atoms with E-state index in [9.17, 15) is 0 Å². The first-order valence-corrected chi connectivity index (χ1v) is 7.34. The van der Waals surface area contributed by atoms with Crippen LogP contribution in [0.15, 0.2) is 54.6 Å². The van der Waals surface area contributed by atoms with E-state index >= 15 is 0 Å². The average Bonchev–Trinajstić information content (AvgIpc) is 2.78. The van der Waals surface area contributed by atoms with Crippen LogP contribution in [-0.2, 0) is 6.54 Å². The van der Waals surface area contributed by atoms with E-state index in [1.165, 1.54) is 16.7 Å². The maximum absolute atomic E-state index is 6.10. The molecule has 2 nitrogen and oxygen atoms in total. The molecule has 0 aliphatic carbocycles. The molecule has 1 aliphatic rings. The molecule has 1 saturated heterocycles. The van der Waals surface area contributed by atoms with Crippen LogP contribution in [-0.4, -0.2) is 24.0 Å². The summed E-state index contributed by atoms with van der Waals surface area (Å²) in [5.41, 5.74) is 10.0. The van der Waals surface area contributed by atoms with E-state index in [1.54, 1.807) is 0 Å². The van der Waals surface area contributed by atoms with Gasteiger partial charge in [-0.05, 0) is 28.7 Å². The van der Waals surface area contributed by atoms with Gasteiger partial charge in [-0.15, -0.1) is 12.4 Å². The van der Waals surface area contributed by atoms with Crippen molar-refractivity contribution < 1.29 is 0 Å². The molecule has 0 aromatic heterocycles. The smallest absolute Gasteiger partial charge is 0.0234 e. The van der Waals surface area contributed by atoms with Crippen molar-refractivity contribution in [2.75, 3.05) is 13.1 Å². The van der Waals surface area contributed by atoms with E-state index in [4.69, 9.17) is 5.73 Å². The summed E-state index contributed by atoms with van der Waals surface area (Å²) in [6.07, 6.45) is 0. The number of halogens is 1. The number of rotatable bonds is 3. The molecule has 0 spiro atoms. The zero-order valence-electron chi connectivity index (χ0n) is 12.4. The Bertz CT molecular complexity index is 560. The fourth-order valence-electron chi connectivity index (χ4n) is 2.96. The third-order valence-electron chi connectivity index (χ3n) is 4.19. The summed E-state index contributed by atoms with van der Waals surface area (Å²) < 4.78 is 0. The van der Waals surface area contributed by atoms with Gasteiger partial charge in [0, 0.05) is 25.7 Å². The van der Waals surface area contributed by atoms with Crippen molar-refractivity contribution in [2.24, 2.45) is 11.7 Å². The van der Waals surface area contributed by atoms with Crippen LogP contribution < -0.4 is 5.73 Å². The molecule has 21 heavy (non-hydrogen) atoms. The maximum atomic E-state index is 6.10. The third kappa shape index (κ3) is 3.85. The van der Waals surface area contributed by atoms with Crippen LogP contribution in [0.2, 0.25) is 0 Å². The van der Waals surface area contributed by atoms with Crippen LogP contribution in [0.25, 0.3) is 11.1 Å². The second-order valence-electron chi connectivity index (χ2n) is 5.90. The van der Waals surface area contributed by atoms with Gasteiger partial charge in [0.25, 0.3) is 0 Å². The normalized spacial score (nSPS) is 22.0. The van der Waals surface area contributed by atoms with E-state index in [0.29, 0.717) is 12.0 Å². The van der Waals surface area contributed by atoms with Crippen LogP contribution in [0.4, 0.5) is 0 Å². The van der Waals surface area contributed by atoms with Crippen molar-refractivity contribution in [1.82, 2.24) is 4.90 Å². The molecule has 0 radical (unpaired) electrons. The fourth-order valence-corrected chi connectivity index (χ4v) is 2.96. The summed E-state index contributed by atoms with van der Waals surface area (Å²) in [5, 5.41) is 0. The van der Waals surface area contributed by atoms with Crippen molar-refractivity contribution in [3.8, 4) is 11.1 Å². The van der Waals surface area contributed by atoms with Gasteiger partial charge >= 0.3 is 0 Å². The molecular weight excluding hydrogens is 280 g/mol. The first-order chi connectivity index (χ1) is 9.72. The van der Waals surface area contributed by atoms with Crippen LogP contribution in [0.1, 0.15) is 12.5 Å². The Morgan fingerprint density at radius 2 is 1.71 bits per heavy atom. The number of hydrogen-bond acceptors (Lipinski definition) is 2. The Morgan fingerprint density at radius 1 is 1.00 bits per heavy atom. The Hall–Kier alpha value is -1.35. The Morgan fingerprint density at radius 3 is 2.38 bits per heavy atom. The minimum atomic E-state index is 0. The highest BCUT2D eigenvalue weighted by atomic mass is 35.5. The van der Waals surface area contributed by atoms with Gasteiger partial charge in [-0.25, -0.2) is 0 Å². The molecule has 2 aromatic carbocycles. The van der Waals surface area contributed by atoms with Crippen molar-refractivity contribution in [2.45, 2.75) is 19.5 Å². The molecule has 0 saturated carbocycles. The Kier molecular flexibility index (Phi) is 5.40. The average molecular weight is 303 g/mol. The summed E-state index contributed by atoms with van der Waals surface area (Å²) in [4.78, 5) is 2.46. The lowest BCUT2D eigenvalue weighted by molar-refractivity contribution is 0.319. The summed E-state index contributed by atoms with van der Waals surface area (Å²) in [6.45, 7) is 5.36. The van der Waals surface area contributed by atoms with Crippen LogP contribution >= 0.6 is 12.4 Å². The van der Waals surface area contributed by atoms with Gasteiger partial charge in [-0.1, -0.05) is 55.5 Å². The first kappa shape index (κ1) is 16.0. The van der Waals surface area contributed by atoms with Gasteiger partial charge < -0.3 is 5.73 Å². The number of likely N-dealkylation sites (tertiary alicyclic amines) is 1. The van der Waals surface area contributed by atoms with Crippen LogP contribution in [0, 0.1) is 5.92 Å². The van der Waals surface area contributed by atoms with Crippen LogP contribution in [0.3, 0.4) is 0 Å². The van der Waals surface area contributed by atoms with Gasteiger partial charge in [-0.3, -0.25) is 4.90 Å². The highest BCUT2D eigenvalue weighted by Crippen LogP contribution is 2.22. The molecule has 112 valence electrons. The topological polar surface area (TPSA) is 29.3 Å². The van der Waals surface area contributed by atoms with Crippen LogP contribution in [0.5, 0.6) is 0 Å². The minimum Gasteiger partial charge on any atom is -0.326 e. The first-order valence-electron chi connectivity index (χ1n) is 7.34. The van der Waals surface area contributed by atoms with Gasteiger partial charge in [0.2, 0.25) is 0 Å². The quantitative estimate of drug-likeness (QED) is 0.939. The zero-order valence-corrected chi connectivity index (χ0v) is 13.2. The SMILES string of the molecule is CC1CN(Cc2cccc(-c3ccccc3)c2)CC1N.Cl. The monoisotopic (exact) mass is 302 g/mol. The van der Waals surface area contributed by atoms with Crippen molar-refractivity contribution in [3.05, 3.63) is 60.2 Å². The lowest BCUT2D eigenvalue weighted by Gasteiger charge is -2.16. The largest absolute Gasteiger partial charge is 0.326 e. The predicted octanol–water partition coefficient (Wildman–Crippen LogP) is 3.55. The van der Waals surface area contributed by atoms with E-state index in [1.807, 2.05) is 0 Å². The number of nitrogens with zero attached hydrogens (tertiary/aromatic N) is 1. The molecule has 2 N–H and O–H groups in total. The third-order valence-corrected chi connectivity index (χ3v) is 4.19. The molecule has 0 bridgehead atoms. The number of benzene rings is 2. The highest BCUT2D eigenvalue weighted by molar-refractivity contribution is 5.85. The van der Waals surface area contributed by atoms with Gasteiger partial charge in [-0.2, -0.15) is 0 Å². The van der Waals surface area contributed by atoms with E-state index in [0.717, 1.165) is 19.6 Å². The second kappa shape index (κ2) is 7.08. The predicted molar refractivity (Wildman–Crippen MR) is 91.5 cm³/mol. The molecule has 2 unspecified atom stereocenters. The molecule has 1 heterocycles. The van der Waals surface area contributed by atoms with E-state index in [2.05, 4.69) is 66.4 Å². The van der Waals surface area contributed by atoms with Gasteiger partial charge in [0.1, 0.15) is 0 Å². The van der Waals surface area contributed by atoms with Crippen molar-refractivity contribution in [3.63, 3.8) is 0 Å². The lowest BCUT2D eigenvalue weighted by Crippen LogP contribution is -2.28. The van der Waals surface area contributed by atoms with Crippen molar-refractivity contribution in [1.29, 1.82) is 0 Å². The molecule has 0 amide bonds. The summed E-state index contributed by atoms with van der Waals surface area (Å²) in [6, 6.07) is 19.7. The minimum absolute atomic E-state index is 0. The molecular formula is C18H23ClN2. The highest BCUT2D eigenvalue weighted by Gasteiger charge is 2.26. The number of nitrogens with two attached hydrogens (primary N) is 1. The molecule has 3 heteroatoms. The summed E-state index contributed by atoms with van der Waals surface area (Å²) in [5.74, 6) is 0.604. The van der Waals surface area contributed by atoms with Crippen molar-refractivity contribution >= 4 is 12.4 Å². The molecule has 3 rings (SSSR count). The van der Waals surface area contributed by atoms with Gasteiger partial charge in [0.05, 0.1) is 0 Å².